The highest BCUT2D eigenvalue weighted by Crippen LogP contribution is 2.14. The van der Waals surface area contributed by atoms with Crippen molar-refractivity contribution in [2.24, 2.45) is 12.8 Å². The van der Waals surface area contributed by atoms with Crippen LogP contribution < -0.4 is 11.1 Å². The van der Waals surface area contributed by atoms with Crippen molar-refractivity contribution in [3.63, 3.8) is 0 Å². The number of carboxylic acids is 1. The first-order valence-electron chi connectivity index (χ1n) is 6.52. The maximum atomic E-state index is 11.8. The van der Waals surface area contributed by atoms with Crippen molar-refractivity contribution in [3.05, 3.63) is 17.0 Å². The average Bonchev–Trinajstić information content (AvgIpc) is 2.60. The molecule has 8 heteroatoms. The molecule has 1 atom stereocenters. The molecule has 1 rings (SSSR count). The molecule has 0 spiro atoms. The molecule has 0 aliphatic heterocycles. The van der Waals surface area contributed by atoms with Gasteiger partial charge in [-0.1, -0.05) is 0 Å². The number of hydrogen-bond acceptors (Lipinski definition) is 4. The Labute approximate surface area is 122 Å². The minimum atomic E-state index is -1.29. The first kappa shape index (κ1) is 16.7. The number of aliphatic carboxylic acids is 1. The van der Waals surface area contributed by atoms with E-state index in [1.54, 1.807) is 4.68 Å². The van der Waals surface area contributed by atoms with Crippen molar-refractivity contribution >= 4 is 17.8 Å². The highest BCUT2D eigenvalue weighted by molar-refractivity contribution is 5.88. The van der Waals surface area contributed by atoms with Gasteiger partial charge in [0.05, 0.1) is 12.1 Å². The Morgan fingerprint density at radius 3 is 2.43 bits per heavy atom. The second-order valence-corrected chi connectivity index (χ2v) is 4.90. The predicted molar refractivity (Wildman–Crippen MR) is 74.4 cm³/mol. The van der Waals surface area contributed by atoms with Crippen molar-refractivity contribution < 1.29 is 19.5 Å². The van der Waals surface area contributed by atoms with Crippen LogP contribution in [0.3, 0.4) is 0 Å². The highest BCUT2D eigenvalue weighted by atomic mass is 16.4. The van der Waals surface area contributed by atoms with Gasteiger partial charge in [-0.25, -0.2) is 4.79 Å². The molecule has 0 aliphatic carbocycles. The van der Waals surface area contributed by atoms with Crippen molar-refractivity contribution in [1.29, 1.82) is 0 Å². The first-order chi connectivity index (χ1) is 9.72. The van der Waals surface area contributed by atoms with Gasteiger partial charge in [-0.15, -0.1) is 0 Å². The Hall–Kier alpha value is -2.38. The summed E-state index contributed by atoms with van der Waals surface area (Å²) in [5.41, 5.74) is 7.72. The summed E-state index contributed by atoms with van der Waals surface area (Å²) < 4.78 is 1.73. The third kappa shape index (κ3) is 4.59. The molecule has 0 saturated heterocycles. The number of carbonyl (C=O) groups excluding carboxylic acids is 2. The van der Waals surface area contributed by atoms with E-state index in [0.717, 1.165) is 17.0 Å². The highest BCUT2D eigenvalue weighted by Gasteiger charge is 2.22. The Balaban J connectivity index is 2.61. The smallest absolute Gasteiger partial charge is 0.326 e. The van der Waals surface area contributed by atoms with Gasteiger partial charge in [-0.2, -0.15) is 5.10 Å². The van der Waals surface area contributed by atoms with Crippen LogP contribution in [0.15, 0.2) is 0 Å². The normalized spacial score (nSPS) is 12.0. The van der Waals surface area contributed by atoms with Crippen LogP contribution in [0.2, 0.25) is 0 Å². The maximum Gasteiger partial charge on any atom is 0.326 e. The number of nitrogens with two attached hydrogens (primary N) is 1. The first-order valence-corrected chi connectivity index (χ1v) is 6.52. The van der Waals surface area contributed by atoms with Crippen LogP contribution in [0.4, 0.5) is 0 Å². The lowest BCUT2D eigenvalue weighted by Crippen LogP contribution is -2.43. The molecule has 0 aliphatic rings. The van der Waals surface area contributed by atoms with Crippen molar-refractivity contribution in [3.8, 4) is 0 Å². The number of carbonyl (C=O) groups is 3. The SMILES string of the molecule is Cc1nn(C)c(C)c1CCC(=O)N[C@@H](CC(N)=O)C(=O)O. The van der Waals surface area contributed by atoms with Crippen molar-refractivity contribution in [1.82, 2.24) is 15.1 Å². The fraction of sp³-hybridized carbons (Fsp3) is 0.538. The molecule has 21 heavy (non-hydrogen) atoms. The summed E-state index contributed by atoms with van der Waals surface area (Å²) >= 11 is 0. The predicted octanol–water partition coefficient (Wildman–Crippen LogP) is -0.586. The molecule has 4 N–H and O–H groups in total. The maximum absolute atomic E-state index is 11.8. The lowest BCUT2D eigenvalue weighted by atomic mass is 10.1. The third-order valence-corrected chi connectivity index (χ3v) is 3.30. The van der Waals surface area contributed by atoms with Gasteiger partial charge in [0, 0.05) is 19.2 Å². The average molecular weight is 296 g/mol. The van der Waals surface area contributed by atoms with Crippen LogP contribution in [-0.4, -0.2) is 38.7 Å². The van der Waals surface area contributed by atoms with E-state index in [1.807, 2.05) is 20.9 Å². The molecule has 2 amide bonds. The number of rotatable bonds is 7. The summed E-state index contributed by atoms with van der Waals surface area (Å²) in [4.78, 5) is 33.5. The molecule has 1 heterocycles. The number of nitrogens with one attached hydrogen (secondary N) is 1. The van der Waals surface area contributed by atoms with Crippen LogP contribution in [0.25, 0.3) is 0 Å². The Kier molecular flexibility index (Phi) is 5.45. The molecule has 0 aromatic carbocycles. The molecule has 116 valence electrons. The minimum Gasteiger partial charge on any atom is -0.480 e. The summed E-state index contributed by atoms with van der Waals surface area (Å²) in [5.74, 6) is -2.50. The number of nitrogens with zero attached hydrogens (tertiary/aromatic N) is 2. The van der Waals surface area contributed by atoms with Crippen LogP contribution in [0.5, 0.6) is 0 Å². The van der Waals surface area contributed by atoms with E-state index in [1.165, 1.54) is 0 Å². The van der Waals surface area contributed by atoms with Gasteiger partial charge in [0.15, 0.2) is 0 Å². The van der Waals surface area contributed by atoms with Crippen molar-refractivity contribution in [2.45, 2.75) is 39.2 Å². The zero-order chi connectivity index (χ0) is 16.2. The number of amides is 2. The van der Waals surface area contributed by atoms with Crippen LogP contribution in [0.1, 0.15) is 29.8 Å². The Bertz CT molecular complexity index is 565. The topological polar surface area (TPSA) is 127 Å². The molecule has 1 aromatic rings. The number of hydrogen-bond donors (Lipinski definition) is 3. The van der Waals surface area contributed by atoms with Gasteiger partial charge < -0.3 is 16.2 Å². The third-order valence-electron chi connectivity index (χ3n) is 3.30. The molecule has 8 nitrogen and oxygen atoms in total. The lowest BCUT2D eigenvalue weighted by Gasteiger charge is -2.12. The fourth-order valence-electron chi connectivity index (χ4n) is 2.09. The molecular formula is C13H20N4O4. The van der Waals surface area contributed by atoms with E-state index in [2.05, 4.69) is 10.4 Å². The lowest BCUT2D eigenvalue weighted by molar-refractivity contribution is -0.143. The summed E-state index contributed by atoms with van der Waals surface area (Å²) in [6.07, 6.45) is 0.155. The summed E-state index contributed by atoms with van der Waals surface area (Å²) in [5, 5.41) is 15.5. The van der Waals surface area contributed by atoms with E-state index in [-0.39, 0.29) is 6.42 Å². The molecule has 1 aromatic heterocycles. The van der Waals surface area contributed by atoms with E-state index in [9.17, 15) is 14.4 Å². The molecule has 0 saturated carbocycles. The van der Waals surface area contributed by atoms with E-state index < -0.39 is 30.2 Å². The van der Waals surface area contributed by atoms with Gasteiger partial charge in [-0.3, -0.25) is 14.3 Å². The Morgan fingerprint density at radius 2 is 2.00 bits per heavy atom. The van der Waals surface area contributed by atoms with Gasteiger partial charge in [0.25, 0.3) is 0 Å². The fourth-order valence-corrected chi connectivity index (χ4v) is 2.09. The molecule has 0 radical (unpaired) electrons. The molecule has 0 unspecified atom stereocenters. The second kappa shape index (κ2) is 6.87. The zero-order valence-corrected chi connectivity index (χ0v) is 12.3. The number of primary amides is 1. The van der Waals surface area contributed by atoms with Crippen LogP contribution >= 0.6 is 0 Å². The largest absolute Gasteiger partial charge is 0.480 e. The van der Waals surface area contributed by atoms with E-state index >= 15 is 0 Å². The van der Waals surface area contributed by atoms with Crippen molar-refractivity contribution in [2.75, 3.05) is 0 Å². The summed E-state index contributed by atoms with van der Waals surface area (Å²) in [6, 6.07) is -1.29. The summed E-state index contributed by atoms with van der Waals surface area (Å²) in [6.45, 7) is 3.76. The van der Waals surface area contributed by atoms with Crippen LogP contribution in [0, 0.1) is 13.8 Å². The molecule has 0 fully saturated rings. The van der Waals surface area contributed by atoms with Gasteiger partial charge >= 0.3 is 5.97 Å². The monoisotopic (exact) mass is 296 g/mol. The Morgan fingerprint density at radius 1 is 1.38 bits per heavy atom. The van der Waals surface area contributed by atoms with Crippen LogP contribution in [-0.2, 0) is 27.9 Å². The second-order valence-electron chi connectivity index (χ2n) is 4.90. The van der Waals surface area contributed by atoms with Gasteiger partial charge in [0.2, 0.25) is 11.8 Å². The van der Waals surface area contributed by atoms with Gasteiger partial charge in [-0.05, 0) is 25.8 Å². The zero-order valence-electron chi connectivity index (χ0n) is 12.3. The molecule has 0 bridgehead atoms. The molecular weight excluding hydrogens is 276 g/mol. The van der Waals surface area contributed by atoms with E-state index in [0.29, 0.717) is 6.42 Å². The van der Waals surface area contributed by atoms with Gasteiger partial charge in [0.1, 0.15) is 6.04 Å². The quantitative estimate of drug-likeness (QED) is 0.620. The summed E-state index contributed by atoms with van der Waals surface area (Å²) in [7, 11) is 1.82. The number of aryl methyl sites for hydroxylation is 2. The number of carboxylic acid groups (broad SMARTS) is 1. The standard InChI is InChI=1S/C13H20N4O4/c1-7-9(8(2)17(3)16-7)4-5-12(19)15-10(13(20)21)6-11(14)18/h10H,4-6H2,1-3H3,(H2,14,18)(H,15,19)(H,20,21)/t10-/m0/s1. The number of aromatic nitrogens is 2. The van der Waals surface area contributed by atoms with E-state index in [4.69, 9.17) is 10.8 Å². The minimum absolute atomic E-state index is 0.121.